The Morgan fingerprint density at radius 3 is 2.00 bits per heavy atom. The number of hydrogen-bond donors (Lipinski definition) is 3. The number of anilines is 1. The predicted octanol–water partition coefficient (Wildman–Crippen LogP) is -0.352. The zero-order chi connectivity index (χ0) is 8.27. The molecule has 0 radical (unpaired) electrons. The van der Waals surface area contributed by atoms with Gasteiger partial charge in [-0.25, -0.2) is 0 Å². The van der Waals surface area contributed by atoms with Gasteiger partial charge in [-0.1, -0.05) is 0 Å². The van der Waals surface area contributed by atoms with Crippen molar-refractivity contribution in [2.24, 2.45) is 0 Å². The Labute approximate surface area is 64.3 Å². The summed E-state index contributed by atoms with van der Waals surface area (Å²) in [6, 6.07) is 3.14. The number of rotatable bonds is 2. The van der Waals surface area contributed by atoms with Crippen molar-refractivity contribution < 1.29 is 10.2 Å². The van der Waals surface area contributed by atoms with Crippen molar-refractivity contribution in [3.05, 3.63) is 23.5 Å². The second-order valence-electron chi connectivity index (χ2n) is 2.20. The summed E-state index contributed by atoms with van der Waals surface area (Å²) in [7, 11) is 0. The largest absolute Gasteiger partial charge is 0.399 e. The van der Waals surface area contributed by atoms with Gasteiger partial charge in [0.05, 0.1) is 24.6 Å². The van der Waals surface area contributed by atoms with E-state index in [0.717, 1.165) is 0 Å². The monoisotopic (exact) mass is 154 g/mol. The molecule has 0 unspecified atom stereocenters. The number of aliphatic hydroxyl groups is 2. The maximum Gasteiger partial charge on any atom is 0.0853 e. The normalized spacial score (nSPS) is 10.0. The third-order valence-corrected chi connectivity index (χ3v) is 1.28. The van der Waals surface area contributed by atoms with Crippen LogP contribution in [0, 0.1) is 0 Å². The van der Waals surface area contributed by atoms with E-state index in [4.69, 9.17) is 15.9 Å². The highest BCUT2D eigenvalue weighted by atomic mass is 16.3. The van der Waals surface area contributed by atoms with E-state index in [1.807, 2.05) is 0 Å². The molecule has 1 aromatic heterocycles. The molecule has 4 N–H and O–H groups in total. The first-order valence-corrected chi connectivity index (χ1v) is 3.23. The molecule has 0 atom stereocenters. The van der Waals surface area contributed by atoms with Crippen molar-refractivity contribution in [1.29, 1.82) is 0 Å². The van der Waals surface area contributed by atoms with Gasteiger partial charge in [0.15, 0.2) is 0 Å². The van der Waals surface area contributed by atoms with Gasteiger partial charge >= 0.3 is 0 Å². The third-order valence-electron chi connectivity index (χ3n) is 1.28. The quantitative estimate of drug-likeness (QED) is 0.544. The molecule has 4 nitrogen and oxygen atoms in total. The molecule has 0 bridgehead atoms. The molecule has 0 saturated heterocycles. The first-order valence-electron chi connectivity index (χ1n) is 3.23. The number of nitrogen functional groups attached to an aromatic ring is 1. The van der Waals surface area contributed by atoms with Gasteiger partial charge in [0.25, 0.3) is 0 Å². The Hall–Kier alpha value is -1.13. The number of aliphatic hydroxyl groups excluding tert-OH is 2. The Bertz CT molecular complexity index is 228. The molecular weight excluding hydrogens is 144 g/mol. The van der Waals surface area contributed by atoms with Crippen LogP contribution in [0.25, 0.3) is 0 Å². The summed E-state index contributed by atoms with van der Waals surface area (Å²) in [5, 5.41) is 17.4. The van der Waals surface area contributed by atoms with E-state index < -0.39 is 0 Å². The lowest BCUT2D eigenvalue weighted by Gasteiger charge is -2.00. The maximum atomic E-state index is 8.68. The molecule has 0 amide bonds. The van der Waals surface area contributed by atoms with Gasteiger partial charge in [-0.15, -0.1) is 0 Å². The number of nitrogens with zero attached hydrogens (tertiary/aromatic N) is 1. The van der Waals surface area contributed by atoms with Crippen LogP contribution in [0.1, 0.15) is 11.4 Å². The van der Waals surface area contributed by atoms with Gasteiger partial charge in [0.1, 0.15) is 0 Å². The molecule has 0 fully saturated rings. The molecule has 1 rings (SSSR count). The Balaban J connectivity index is 3.02. The minimum atomic E-state index is -0.155. The maximum absolute atomic E-state index is 8.68. The van der Waals surface area contributed by atoms with Crippen LogP contribution >= 0.6 is 0 Å². The fraction of sp³-hybridized carbons (Fsp3) is 0.286. The van der Waals surface area contributed by atoms with Gasteiger partial charge in [0.2, 0.25) is 0 Å². The molecule has 4 heteroatoms. The fourth-order valence-corrected chi connectivity index (χ4v) is 0.837. The summed E-state index contributed by atoms with van der Waals surface area (Å²) in [4.78, 5) is 3.89. The summed E-state index contributed by atoms with van der Waals surface area (Å²) < 4.78 is 0. The summed E-state index contributed by atoms with van der Waals surface area (Å²) >= 11 is 0. The van der Waals surface area contributed by atoms with E-state index in [0.29, 0.717) is 17.1 Å². The first-order chi connectivity index (χ1) is 5.26. The molecule has 0 spiro atoms. The smallest absolute Gasteiger partial charge is 0.0853 e. The Morgan fingerprint density at radius 2 is 1.64 bits per heavy atom. The van der Waals surface area contributed by atoms with Crippen molar-refractivity contribution in [1.82, 2.24) is 4.98 Å². The Morgan fingerprint density at radius 1 is 1.18 bits per heavy atom. The van der Waals surface area contributed by atoms with Crippen molar-refractivity contribution in [3.63, 3.8) is 0 Å². The molecule has 1 heterocycles. The standard InChI is InChI=1S/C7H10N2O2/c8-5-1-6(3-10)9-7(2-5)4-11/h1-2,10-11H,3-4H2,(H2,8,9). The molecular formula is C7H10N2O2. The average Bonchev–Trinajstić information content (AvgIpc) is 2.03. The minimum Gasteiger partial charge on any atom is -0.399 e. The lowest BCUT2D eigenvalue weighted by Crippen LogP contribution is -1.98. The highest BCUT2D eigenvalue weighted by Gasteiger charge is 1.97. The van der Waals surface area contributed by atoms with E-state index in [2.05, 4.69) is 4.98 Å². The summed E-state index contributed by atoms with van der Waals surface area (Å²) in [6.45, 7) is -0.309. The van der Waals surface area contributed by atoms with Crippen LogP contribution in [-0.4, -0.2) is 15.2 Å². The van der Waals surface area contributed by atoms with Gasteiger partial charge in [-0.3, -0.25) is 4.98 Å². The van der Waals surface area contributed by atoms with Crippen LogP contribution in [0.2, 0.25) is 0 Å². The van der Waals surface area contributed by atoms with Crippen molar-refractivity contribution in [3.8, 4) is 0 Å². The molecule has 0 saturated carbocycles. The Kier molecular flexibility index (Phi) is 2.40. The van der Waals surface area contributed by atoms with Gasteiger partial charge < -0.3 is 15.9 Å². The zero-order valence-corrected chi connectivity index (χ0v) is 5.99. The van der Waals surface area contributed by atoms with Crippen LogP contribution in [0.4, 0.5) is 5.69 Å². The predicted molar refractivity (Wildman–Crippen MR) is 40.5 cm³/mol. The number of hydrogen-bond acceptors (Lipinski definition) is 4. The highest BCUT2D eigenvalue weighted by Crippen LogP contribution is 2.07. The molecule has 0 aliphatic heterocycles. The summed E-state index contributed by atoms with van der Waals surface area (Å²) in [5.41, 5.74) is 6.92. The van der Waals surface area contributed by atoms with E-state index in [9.17, 15) is 0 Å². The van der Waals surface area contributed by atoms with Gasteiger partial charge in [-0.2, -0.15) is 0 Å². The molecule has 11 heavy (non-hydrogen) atoms. The van der Waals surface area contributed by atoms with Crippen LogP contribution in [0.3, 0.4) is 0 Å². The fourth-order valence-electron chi connectivity index (χ4n) is 0.837. The third kappa shape index (κ3) is 1.89. The molecule has 0 aliphatic carbocycles. The second kappa shape index (κ2) is 3.32. The number of pyridine rings is 1. The molecule has 1 aromatic rings. The van der Waals surface area contributed by atoms with Crippen LogP contribution in [-0.2, 0) is 13.2 Å². The first kappa shape index (κ1) is 7.97. The van der Waals surface area contributed by atoms with Crippen LogP contribution in [0.5, 0.6) is 0 Å². The molecule has 60 valence electrons. The SMILES string of the molecule is Nc1cc(CO)nc(CO)c1. The van der Waals surface area contributed by atoms with Gasteiger partial charge in [0, 0.05) is 5.69 Å². The highest BCUT2D eigenvalue weighted by molar-refractivity contribution is 5.39. The van der Waals surface area contributed by atoms with Crippen LogP contribution < -0.4 is 5.73 Å². The average molecular weight is 154 g/mol. The lowest BCUT2D eigenvalue weighted by molar-refractivity contribution is 0.266. The van der Waals surface area contributed by atoms with Crippen molar-refractivity contribution in [2.45, 2.75) is 13.2 Å². The van der Waals surface area contributed by atoms with Crippen molar-refractivity contribution in [2.75, 3.05) is 5.73 Å². The van der Waals surface area contributed by atoms with E-state index in [-0.39, 0.29) is 13.2 Å². The van der Waals surface area contributed by atoms with Crippen LogP contribution in [0.15, 0.2) is 12.1 Å². The minimum absolute atomic E-state index is 0.155. The molecule has 0 aliphatic rings. The topological polar surface area (TPSA) is 79.4 Å². The van der Waals surface area contributed by atoms with Gasteiger partial charge in [-0.05, 0) is 12.1 Å². The number of aromatic nitrogens is 1. The van der Waals surface area contributed by atoms with Crippen molar-refractivity contribution >= 4 is 5.69 Å². The summed E-state index contributed by atoms with van der Waals surface area (Å²) in [5.74, 6) is 0. The summed E-state index contributed by atoms with van der Waals surface area (Å²) in [6.07, 6.45) is 0. The number of nitrogens with two attached hydrogens (primary N) is 1. The molecule has 0 aromatic carbocycles. The second-order valence-corrected chi connectivity index (χ2v) is 2.20. The van der Waals surface area contributed by atoms with E-state index in [1.165, 1.54) is 0 Å². The van der Waals surface area contributed by atoms with E-state index in [1.54, 1.807) is 12.1 Å². The van der Waals surface area contributed by atoms with E-state index >= 15 is 0 Å². The zero-order valence-electron chi connectivity index (χ0n) is 5.99. The lowest BCUT2D eigenvalue weighted by atomic mass is 10.3.